The molecule has 0 aliphatic carbocycles. The maximum Gasteiger partial charge on any atom is 0.338 e. The van der Waals surface area contributed by atoms with Gasteiger partial charge in [0.2, 0.25) is 0 Å². The van der Waals surface area contributed by atoms with Crippen molar-refractivity contribution < 1.29 is 14.3 Å². The van der Waals surface area contributed by atoms with Crippen LogP contribution in [0.3, 0.4) is 0 Å². The van der Waals surface area contributed by atoms with Crippen molar-refractivity contribution in [2.45, 2.75) is 39.7 Å². The molecule has 0 spiro atoms. The summed E-state index contributed by atoms with van der Waals surface area (Å²) in [5, 5.41) is 3.00. The molecule has 6 heteroatoms. The summed E-state index contributed by atoms with van der Waals surface area (Å²) >= 11 is 0. The Labute approximate surface area is 167 Å². The Hall–Kier alpha value is -2.34. The molecule has 1 unspecified atom stereocenters. The van der Waals surface area contributed by atoms with Gasteiger partial charge in [-0.1, -0.05) is 31.2 Å². The highest BCUT2D eigenvalue weighted by molar-refractivity contribution is 5.95. The minimum absolute atomic E-state index is 0.193. The van der Waals surface area contributed by atoms with Crippen LogP contribution in [0.2, 0.25) is 0 Å². The summed E-state index contributed by atoms with van der Waals surface area (Å²) in [6.45, 7) is 8.90. The van der Waals surface area contributed by atoms with Gasteiger partial charge in [-0.2, -0.15) is 0 Å². The fraction of sp³-hybridized carbons (Fsp3) is 0.545. The average Bonchev–Trinajstić information content (AvgIpc) is 2.67. The second-order valence-electron chi connectivity index (χ2n) is 7.84. The number of aryl methyl sites for hydroxylation is 1. The number of carbonyl (C=O) groups is 2. The third-order valence-corrected chi connectivity index (χ3v) is 5.82. The Bertz CT molecular complexity index is 766. The third kappa shape index (κ3) is 4.22. The zero-order chi connectivity index (χ0) is 20.3. The van der Waals surface area contributed by atoms with Crippen molar-refractivity contribution in [3.8, 4) is 0 Å². The number of amides is 2. The van der Waals surface area contributed by atoms with Gasteiger partial charge >= 0.3 is 12.0 Å². The fourth-order valence-electron chi connectivity index (χ4n) is 3.97. The van der Waals surface area contributed by atoms with Gasteiger partial charge in [0.1, 0.15) is 0 Å². The molecule has 152 valence electrons. The molecular formula is C22H31N3O3. The van der Waals surface area contributed by atoms with Crippen molar-refractivity contribution in [3.63, 3.8) is 0 Å². The smallest absolute Gasteiger partial charge is 0.338 e. The number of benzene rings is 1. The summed E-state index contributed by atoms with van der Waals surface area (Å²) < 4.78 is 5.40. The number of likely N-dealkylation sites (tertiary alicyclic amines) is 1. The summed E-state index contributed by atoms with van der Waals surface area (Å²) in [4.78, 5) is 29.6. The SMILES string of the molecule is CCOC(=O)C1=C(CN2CCC(C)CC2)N(C)C(=O)NC1c1ccccc1C. The van der Waals surface area contributed by atoms with Crippen LogP contribution < -0.4 is 5.32 Å². The van der Waals surface area contributed by atoms with Crippen LogP contribution in [-0.4, -0.2) is 55.1 Å². The number of rotatable bonds is 5. The van der Waals surface area contributed by atoms with Gasteiger partial charge in [0, 0.05) is 19.3 Å². The predicted octanol–water partition coefficient (Wildman–Crippen LogP) is 3.24. The van der Waals surface area contributed by atoms with Crippen molar-refractivity contribution in [1.29, 1.82) is 0 Å². The van der Waals surface area contributed by atoms with E-state index >= 15 is 0 Å². The van der Waals surface area contributed by atoms with Gasteiger partial charge in [-0.25, -0.2) is 9.59 Å². The molecule has 1 N–H and O–H groups in total. The van der Waals surface area contributed by atoms with Gasteiger partial charge in [0.15, 0.2) is 0 Å². The molecule has 2 aliphatic rings. The lowest BCUT2D eigenvalue weighted by atomic mass is 9.91. The molecule has 28 heavy (non-hydrogen) atoms. The standard InChI is InChI=1S/C22H31N3O3/c1-5-28-21(26)19-18(14-25-12-10-15(2)11-13-25)24(4)22(27)23-20(19)17-9-7-6-8-16(17)3/h6-9,15,20H,5,10-14H2,1-4H3,(H,23,27). The van der Waals surface area contributed by atoms with Crippen LogP contribution in [0.5, 0.6) is 0 Å². The maximum absolute atomic E-state index is 13.0. The first-order valence-corrected chi connectivity index (χ1v) is 10.1. The van der Waals surface area contributed by atoms with E-state index in [2.05, 4.69) is 17.1 Å². The summed E-state index contributed by atoms with van der Waals surface area (Å²) in [5.41, 5.74) is 3.24. The van der Waals surface area contributed by atoms with E-state index in [1.807, 2.05) is 31.2 Å². The minimum Gasteiger partial charge on any atom is -0.463 e. The minimum atomic E-state index is -0.498. The van der Waals surface area contributed by atoms with Crippen LogP contribution >= 0.6 is 0 Å². The number of piperidine rings is 1. The molecule has 3 rings (SSSR count). The molecular weight excluding hydrogens is 354 g/mol. The maximum atomic E-state index is 13.0. The number of urea groups is 1. The van der Waals surface area contributed by atoms with Gasteiger partial charge in [-0.05, 0) is 56.8 Å². The Morgan fingerprint density at radius 2 is 1.93 bits per heavy atom. The van der Waals surface area contributed by atoms with Crippen LogP contribution in [0.15, 0.2) is 35.5 Å². The summed E-state index contributed by atoms with van der Waals surface area (Å²) in [7, 11) is 1.73. The lowest BCUT2D eigenvalue weighted by molar-refractivity contribution is -0.139. The van der Waals surface area contributed by atoms with Crippen LogP contribution in [0.1, 0.15) is 43.9 Å². The molecule has 1 saturated heterocycles. The van der Waals surface area contributed by atoms with E-state index in [1.165, 1.54) is 0 Å². The molecule has 1 aromatic rings. The first-order chi connectivity index (χ1) is 13.4. The molecule has 6 nitrogen and oxygen atoms in total. The summed E-state index contributed by atoms with van der Waals surface area (Å²) in [6.07, 6.45) is 2.28. The first kappa shape index (κ1) is 20.4. The van der Waals surface area contributed by atoms with Gasteiger partial charge in [-0.15, -0.1) is 0 Å². The van der Waals surface area contributed by atoms with Gasteiger partial charge in [-0.3, -0.25) is 9.80 Å². The molecule has 1 atom stereocenters. The van der Waals surface area contributed by atoms with E-state index in [4.69, 9.17) is 4.74 Å². The number of hydrogen-bond donors (Lipinski definition) is 1. The van der Waals surface area contributed by atoms with E-state index in [9.17, 15) is 9.59 Å². The number of likely N-dealkylation sites (N-methyl/N-ethyl adjacent to an activating group) is 1. The Balaban J connectivity index is 2.03. The monoisotopic (exact) mass is 385 g/mol. The van der Waals surface area contributed by atoms with E-state index in [0.717, 1.165) is 48.7 Å². The van der Waals surface area contributed by atoms with Crippen molar-refractivity contribution in [2.75, 3.05) is 33.3 Å². The summed E-state index contributed by atoms with van der Waals surface area (Å²) in [5.74, 6) is 0.366. The number of carbonyl (C=O) groups excluding carboxylic acids is 2. The molecule has 1 aromatic carbocycles. The predicted molar refractivity (Wildman–Crippen MR) is 109 cm³/mol. The Morgan fingerprint density at radius 1 is 1.25 bits per heavy atom. The second-order valence-corrected chi connectivity index (χ2v) is 7.84. The quantitative estimate of drug-likeness (QED) is 0.791. The lowest BCUT2D eigenvalue weighted by Gasteiger charge is -2.38. The molecule has 2 amide bonds. The lowest BCUT2D eigenvalue weighted by Crippen LogP contribution is -2.50. The third-order valence-electron chi connectivity index (χ3n) is 5.82. The average molecular weight is 386 g/mol. The molecule has 0 aromatic heterocycles. The first-order valence-electron chi connectivity index (χ1n) is 10.1. The molecule has 2 heterocycles. The molecule has 0 saturated carbocycles. The topological polar surface area (TPSA) is 61.9 Å². The van der Waals surface area contributed by atoms with E-state index in [-0.39, 0.29) is 12.0 Å². The van der Waals surface area contributed by atoms with E-state index < -0.39 is 6.04 Å². The van der Waals surface area contributed by atoms with E-state index in [1.54, 1.807) is 18.9 Å². The van der Waals surface area contributed by atoms with Crippen LogP contribution in [0.4, 0.5) is 4.79 Å². The number of nitrogens with zero attached hydrogens (tertiary/aromatic N) is 2. The van der Waals surface area contributed by atoms with Crippen LogP contribution in [0.25, 0.3) is 0 Å². The van der Waals surface area contributed by atoms with Crippen LogP contribution in [-0.2, 0) is 9.53 Å². The molecule has 1 fully saturated rings. The van der Waals surface area contributed by atoms with Gasteiger partial charge in [0.05, 0.1) is 18.2 Å². The Kier molecular flexibility index (Phi) is 6.39. The highest BCUT2D eigenvalue weighted by atomic mass is 16.5. The number of esters is 1. The zero-order valence-corrected chi connectivity index (χ0v) is 17.3. The largest absolute Gasteiger partial charge is 0.463 e. The summed E-state index contributed by atoms with van der Waals surface area (Å²) in [6, 6.07) is 7.16. The molecule has 0 radical (unpaired) electrons. The molecule has 2 aliphatic heterocycles. The highest BCUT2D eigenvalue weighted by Crippen LogP contribution is 2.33. The normalized spacial score (nSPS) is 21.6. The molecule has 0 bridgehead atoms. The number of hydrogen-bond acceptors (Lipinski definition) is 4. The van der Waals surface area contributed by atoms with Crippen molar-refractivity contribution in [2.24, 2.45) is 5.92 Å². The Morgan fingerprint density at radius 3 is 2.57 bits per heavy atom. The van der Waals surface area contributed by atoms with Gasteiger partial charge < -0.3 is 10.1 Å². The van der Waals surface area contributed by atoms with Crippen molar-refractivity contribution in [3.05, 3.63) is 46.7 Å². The van der Waals surface area contributed by atoms with Gasteiger partial charge in [0.25, 0.3) is 0 Å². The number of nitrogens with one attached hydrogen (secondary N) is 1. The number of ether oxygens (including phenoxy) is 1. The zero-order valence-electron chi connectivity index (χ0n) is 17.3. The van der Waals surface area contributed by atoms with E-state index in [0.29, 0.717) is 18.7 Å². The highest BCUT2D eigenvalue weighted by Gasteiger charge is 2.38. The van der Waals surface area contributed by atoms with Crippen molar-refractivity contribution >= 4 is 12.0 Å². The fourth-order valence-corrected chi connectivity index (χ4v) is 3.97. The second kappa shape index (κ2) is 8.78. The van der Waals surface area contributed by atoms with Crippen LogP contribution in [0, 0.1) is 12.8 Å². The van der Waals surface area contributed by atoms with Crippen molar-refractivity contribution in [1.82, 2.24) is 15.1 Å².